The number of esters is 1. The van der Waals surface area contributed by atoms with Gasteiger partial charge in [-0.25, -0.2) is 4.79 Å². The number of hydrogen-bond donors (Lipinski definition) is 0. The summed E-state index contributed by atoms with van der Waals surface area (Å²) < 4.78 is 4.95. The Hall–Kier alpha value is -0.930. The van der Waals surface area contributed by atoms with E-state index in [2.05, 4.69) is 12.1 Å². The van der Waals surface area contributed by atoms with Crippen LogP contribution in [0.4, 0.5) is 0 Å². The maximum Gasteiger partial charge on any atom is 0.334 e. The second-order valence-electron chi connectivity index (χ2n) is 4.31. The fourth-order valence-electron chi connectivity index (χ4n) is 1.47. The molecule has 0 aromatic rings. The molecule has 1 atom stereocenters. The number of rotatable bonds is 9. The van der Waals surface area contributed by atoms with Crippen molar-refractivity contribution in [2.24, 2.45) is 5.18 Å². The number of nitroso groups, excluding NO2 is 1. The van der Waals surface area contributed by atoms with Crippen LogP contribution in [0.2, 0.25) is 0 Å². The first kappa shape index (κ1) is 15.1. The van der Waals surface area contributed by atoms with Crippen LogP contribution >= 0.6 is 0 Å². The van der Waals surface area contributed by atoms with E-state index in [-0.39, 0.29) is 6.10 Å². The molecule has 0 fully saturated rings. The van der Waals surface area contributed by atoms with Crippen LogP contribution in [0.5, 0.6) is 0 Å². The van der Waals surface area contributed by atoms with Gasteiger partial charge in [-0.05, 0) is 20.3 Å². The molecule has 0 amide bonds. The predicted molar refractivity (Wildman–Crippen MR) is 64.2 cm³/mol. The highest BCUT2D eigenvalue weighted by atomic mass is 16.5. The van der Waals surface area contributed by atoms with Crippen molar-refractivity contribution >= 4 is 5.97 Å². The first-order valence-corrected chi connectivity index (χ1v) is 6.14. The Morgan fingerprint density at radius 2 is 1.81 bits per heavy atom. The second-order valence-corrected chi connectivity index (χ2v) is 4.31. The lowest BCUT2D eigenvalue weighted by Gasteiger charge is -2.11. The zero-order valence-corrected chi connectivity index (χ0v) is 10.6. The van der Waals surface area contributed by atoms with E-state index >= 15 is 0 Å². The molecule has 0 aliphatic carbocycles. The van der Waals surface area contributed by atoms with Crippen LogP contribution in [0.3, 0.4) is 0 Å². The molecule has 4 heteroatoms. The minimum atomic E-state index is -0.816. The number of ether oxygens (including phenoxy) is 1. The molecule has 0 heterocycles. The van der Waals surface area contributed by atoms with E-state index in [4.69, 9.17) is 4.74 Å². The van der Waals surface area contributed by atoms with Crippen molar-refractivity contribution in [2.75, 3.05) is 0 Å². The van der Waals surface area contributed by atoms with Gasteiger partial charge in [-0.1, -0.05) is 44.2 Å². The lowest BCUT2D eigenvalue weighted by Crippen LogP contribution is -2.24. The molecule has 4 nitrogen and oxygen atoms in total. The zero-order chi connectivity index (χ0) is 12.4. The summed E-state index contributed by atoms with van der Waals surface area (Å²) in [6.45, 7) is 5.68. The topological polar surface area (TPSA) is 55.7 Å². The second kappa shape index (κ2) is 9.31. The Kier molecular flexibility index (Phi) is 8.77. The molecule has 0 N–H and O–H groups in total. The van der Waals surface area contributed by atoms with Crippen molar-refractivity contribution in [3.8, 4) is 0 Å². The Bertz CT molecular complexity index is 204. The van der Waals surface area contributed by atoms with Crippen molar-refractivity contribution in [2.45, 2.75) is 71.4 Å². The average Bonchev–Trinajstić information content (AvgIpc) is 2.22. The van der Waals surface area contributed by atoms with Gasteiger partial charge in [-0.3, -0.25) is 0 Å². The highest BCUT2D eigenvalue weighted by molar-refractivity contribution is 5.76. The van der Waals surface area contributed by atoms with Gasteiger partial charge >= 0.3 is 5.97 Å². The largest absolute Gasteiger partial charge is 0.461 e. The monoisotopic (exact) mass is 229 g/mol. The molecule has 1 unspecified atom stereocenters. The van der Waals surface area contributed by atoms with Gasteiger partial charge in [0.25, 0.3) is 0 Å². The predicted octanol–water partition coefficient (Wildman–Crippen LogP) is 3.43. The summed E-state index contributed by atoms with van der Waals surface area (Å²) in [5.74, 6) is -0.486. The van der Waals surface area contributed by atoms with Gasteiger partial charge in [0.2, 0.25) is 0 Å². The number of hydrogen-bond acceptors (Lipinski definition) is 4. The van der Waals surface area contributed by atoms with Crippen molar-refractivity contribution in [3.05, 3.63) is 4.91 Å². The lowest BCUT2D eigenvalue weighted by atomic mass is 10.1. The van der Waals surface area contributed by atoms with Gasteiger partial charge in [0, 0.05) is 0 Å². The van der Waals surface area contributed by atoms with E-state index in [1.807, 2.05) is 0 Å². The number of nitrogens with zero attached hydrogens (tertiary/aromatic N) is 1. The summed E-state index contributed by atoms with van der Waals surface area (Å²) in [6.07, 6.45) is 5.79. The number of carbonyl (C=O) groups excluding carboxylic acids is 1. The van der Waals surface area contributed by atoms with Gasteiger partial charge in [0.1, 0.15) is 0 Å². The zero-order valence-electron chi connectivity index (χ0n) is 10.6. The highest BCUT2D eigenvalue weighted by Crippen LogP contribution is 2.11. The van der Waals surface area contributed by atoms with Gasteiger partial charge < -0.3 is 4.74 Å². The molecule has 0 spiro atoms. The van der Waals surface area contributed by atoms with Crippen molar-refractivity contribution in [3.63, 3.8) is 0 Å². The summed E-state index contributed by atoms with van der Waals surface area (Å²) >= 11 is 0. The standard InChI is InChI=1S/C12H23NO3/c1-4-5-6-7-8-9-11(13-15)12(14)16-10(2)3/h10-11H,4-9H2,1-3H3. The van der Waals surface area contributed by atoms with E-state index in [1.54, 1.807) is 13.8 Å². The third-order valence-corrected chi connectivity index (χ3v) is 2.33. The van der Waals surface area contributed by atoms with E-state index in [9.17, 15) is 9.70 Å². The van der Waals surface area contributed by atoms with Gasteiger partial charge in [-0.15, -0.1) is 4.91 Å². The van der Waals surface area contributed by atoms with Crippen LogP contribution in [-0.2, 0) is 9.53 Å². The number of carbonyl (C=O) groups is 1. The van der Waals surface area contributed by atoms with E-state index in [0.717, 1.165) is 19.3 Å². The molecule has 94 valence electrons. The molecule has 0 saturated carbocycles. The summed E-state index contributed by atoms with van der Waals surface area (Å²) in [4.78, 5) is 21.9. The molecule has 0 aliphatic rings. The summed E-state index contributed by atoms with van der Waals surface area (Å²) in [5, 5.41) is 2.83. The average molecular weight is 229 g/mol. The van der Waals surface area contributed by atoms with Crippen molar-refractivity contribution < 1.29 is 9.53 Å². The highest BCUT2D eigenvalue weighted by Gasteiger charge is 2.21. The Labute approximate surface area is 97.7 Å². The smallest absolute Gasteiger partial charge is 0.334 e. The van der Waals surface area contributed by atoms with Gasteiger partial charge in [0.05, 0.1) is 6.10 Å². The maximum atomic E-state index is 11.4. The van der Waals surface area contributed by atoms with Crippen LogP contribution in [0, 0.1) is 4.91 Å². The lowest BCUT2D eigenvalue weighted by molar-refractivity contribution is -0.149. The van der Waals surface area contributed by atoms with Crippen LogP contribution < -0.4 is 0 Å². The van der Waals surface area contributed by atoms with E-state index in [1.165, 1.54) is 12.8 Å². The van der Waals surface area contributed by atoms with E-state index < -0.39 is 12.0 Å². The van der Waals surface area contributed by atoms with Crippen molar-refractivity contribution in [1.29, 1.82) is 0 Å². The van der Waals surface area contributed by atoms with Crippen molar-refractivity contribution in [1.82, 2.24) is 0 Å². The first-order chi connectivity index (χ1) is 7.61. The molecular formula is C12H23NO3. The number of unbranched alkanes of at least 4 members (excludes halogenated alkanes) is 4. The van der Waals surface area contributed by atoms with Crippen LogP contribution in [-0.4, -0.2) is 18.1 Å². The fourth-order valence-corrected chi connectivity index (χ4v) is 1.47. The molecule has 0 aromatic carbocycles. The maximum absolute atomic E-state index is 11.4. The van der Waals surface area contributed by atoms with Crippen LogP contribution in [0.15, 0.2) is 5.18 Å². The third kappa shape index (κ3) is 7.37. The SMILES string of the molecule is CCCCCCCC(N=O)C(=O)OC(C)C. The normalized spacial score (nSPS) is 12.5. The quantitative estimate of drug-likeness (QED) is 0.346. The Morgan fingerprint density at radius 1 is 1.19 bits per heavy atom. The first-order valence-electron chi connectivity index (χ1n) is 6.14. The molecule has 0 aromatic heterocycles. The Balaban J connectivity index is 3.74. The molecule has 16 heavy (non-hydrogen) atoms. The van der Waals surface area contributed by atoms with Gasteiger partial charge in [0.15, 0.2) is 6.04 Å². The fraction of sp³-hybridized carbons (Fsp3) is 0.917. The molecule has 0 rings (SSSR count). The summed E-state index contributed by atoms with van der Waals surface area (Å²) in [7, 11) is 0. The summed E-state index contributed by atoms with van der Waals surface area (Å²) in [6, 6.07) is -0.816. The summed E-state index contributed by atoms with van der Waals surface area (Å²) in [5.41, 5.74) is 0. The minimum absolute atomic E-state index is 0.183. The van der Waals surface area contributed by atoms with Crippen LogP contribution in [0.25, 0.3) is 0 Å². The molecule has 0 bridgehead atoms. The molecule has 0 saturated heterocycles. The Morgan fingerprint density at radius 3 is 2.31 bits per heavy atom. The van der Waals surface area contributed by atoms with Crippen LogP contribution in [0.1, 0.15) is 59.3 Å². The third-order valence-electron chi connectivity index (χ3n) is 2.33. The molecule has 0 aliphatic heterocycles. The minimum Gasteiger partial charge on any atom is -0.461 e. The van der Waals surface area contributed by atoms with E-state index in [0.29, 0.717) is 6.42 Å². The molecule has 0 radical (unpaired) electrons. The van der Waals surface area contributed by atoms with Gasteiger partial charge in [-0.2, -0.15) is 0 Å². The molecular weight excluding hydrogens is 206 g/mol.